The van der Waals surface area contributed by atoms with Crippen LogP contribution in [0.15, 0.2) is 54.9 Å². The highest BCUT2D eigenvalue weighted by molar-refractivity contribution is 7.23. The summed E-state index contributed by atoms with van der Waals surface area (Å²) in [5.74, 6) is 0.128. The van der Waals surface area contributed by atoms with Crippen molar-refractivity contribution in [3.8, 4) is 5.75 Å². The van der Waals surface area contributed by atoms with Gasteiger partial charge >= 0.3 is 0 Å². The van der Waals surface area contributed by atoms with Gasteiger partial charge in [-0.05, 0) is 55.2 Å². The van der Waals surface area contributed by atoms with Gasteiger partial charge in [-0.1, -0.05) is 29.0 Å². The number of nitro benzene ring substituents is 1. The number of thiazole rings is 1. The van der Waals surface area contributed by atoms with Crippen molar-refractivity contribution in [1.29, 1.82) is 0 Å². The third kappa shape index (κ3) is 5.07. The van der Waals surface area contributed by atoms with Gasteiger partial charge in [-0.2, -0.15) is 0 Å². The van der Waals surface area contributed by atoms with Crippen LogP contribution in [-0.2, 0) is 6.54 Å². The maximum absolute atomic E-state index is 13.9. The Hall–Kier alpha value is -3.76. The summed E-state index contributed by atoms with van der Waals surface area (Å²) in [6, 6.07) is 11.8. The molecule has 0 atom stereocenters. The number of carbonyl (C=O) groups excluding carboxylic acids is 1. The Labute approximate surface area is 222 Å². The Kier molecular flexibility index (Phi) is 7.20. The first-order valence-corrected chi connectivity index (χ1v) is 13.0. The van der Waals surface area contributed by atoms with E-state index in [2.05, 4.69) is 9.97 Å². The second kappa shape index (κ2) is 10.7. The number of pyridine rings is 1. The number of anilines is 2. The van der Waals surface area contributed by atoms with E-state index in [9.17, 15) is 14.9 Å². The topological polar surface area (TPSA) is 102 Å². The maximum Gasteiger partial charge on any atom is 0.293 e. The summed E-state index contributed by atoms with van der Waals surface area (Å²) in [5.41, 5.74) is 1.99. The summed E-state index contributed by atoms with van der Waals surface area (Å²) < 4.78 is 6.13. The fourth-order valence-electron chi connectivity index (χ4n) is 4.48. The van der Waals surface area contributed by atoms with Crippen LogP contribution in [0.1, 0.15) is 35.2 Å². The molecular weight excluding hydrogens is 514 g/mol. The average Bonchev–Trinajstić information content (AvgIpc) is 3.38. The normalized spacial score (nSPS) is 13.5. The van der Waals surface area contributed by atoms with Crippen molar-refractivity contribution in [1.82, 2.24) is 9.97 Å². The summed E-state index contributed by atoms with van der Waals surface area (Å²) in [7, 11) is 1.54. The molecule has 2 aromatic carbocycles. The third-order valence-electron chi connectivity index (χ3n) is 6.32. The fourth-order valence-corrected chi connectivity index (χ4v) is 5.74. The smallest absolute Gasteiger partial charge is 0.293 e. The first-order chi connectivity index (χ1) is 18.0. The number of nitro groups is 1. The number of hydrogen-bond donors (Lipinski definition) is 0. The second-order valence-corrected chi connectivity index (χ2v) is 10.1. The number of fused-ring (bicyclic) bond motifs is 1. The molecule has 0 radical (unpaired) electrons. The zero-order valence-corrected chi connectivity index (χ0v) is 21.7. The molecule has 37 heavy (non-hydrogen) atoms. The fraction of sp³-hybridized carbons (Fsp3) is 0.269. The van der Waals surface area contributed by atoms with E-state index >= 15 is 0 Å². The molecule has 3 heterocycles. The van der Waals surface area contributed by atoms with Gasteiger partial charge in [0.1, 0.15) is 17.0 Å². The molecule has 0 unspecified atom stereocenters. The SMILES string of the molecule is COc1ccc(Cl)c2sc(N(Cc3cccnc3)C(=O)c3ccc(N4CCCCC4)c([N+](=O)[O-])c3)nc12. The zero-order valence-electron chi connectivity index (χ0n) is 20.1. The van der Waals surface area contributed by atoms with Crippen LogP contribution in [0.3, 0.4) is 0 Å². The lowest BCUT2D eigenvalue weighted by molar-refractivity contribution is -0.384. The lowest BCUT2D eigenvalue weighted by atomic mass is 10.1. The molecule has 5 rings (SSSR count). The Bertz CT molecular complexity index is 1460. The highest BCUT2D eigenvalue weighted by Gasteiger charge is 2.28. The minimum atomic E-state index is -0.422. The van der Waals surface area contributed by atoms with E-state index in [1.807, 2.05) is 11.0 Å². The predicted molar refractivity (Wildman–Crippen MR) is 145 cm³/mol. The Morgan fingerprint density at radius 3 is 2.73 bits per heavy atom. The number of piperidine rings is 1. The molecule has 1 amide bonds. The summed E-state index contributed by atoms with van der Waals surface area (Å²) >= 11 is 7.69. The average molecular weight is 538 g/mol. The third-order valence-corrected chi connectivity index (χ3v) is 7.86. The van der Waals surface area contributed by atoms with Gasteiger partial charge in [0, 0.05) is 37.1 Å². The van der Waals surface area contributed by atoms with Crippen LogP contribution >= 0.6 is 22.9 Å². The van der Waals surface area contributed by atoms with Crippen LogP contribution in [0.25, 0.3) is 10.2 Å². The van der Waals surface area contributed by atoms with Crippen molar-refractivity contribution in [3.63, 3.8) is 0 Å². The van der Waals surface area contributed by atoms with Crippen molar-refractivity contribution < 1.29 is 14.5 Å². The Morgan fingerprint density at radius 1 is 1.22 bits per heavy atom. The van der Waals surface area contributed by atoms with Crippen LogP contribution in [0.2, 0.25) is 5.02 Å². The molecule has 190 valence electrons. The largest absolute Gasteiger partial charge is 0.494 e. The molecule has 1 fully saturated rings. The van der Waals surface area contributed by atoms with Crippen molar-refractivity contribution in [2.24, 2.45) is 0 Å². The number of benzene rings is 2. The summed E-state index contributed by atoms with van der Waals surface area (Å²) in [6.07, 6.45) is 6.41. The standard InChI is InChI=1S/C26H24ClN5O4S/c1-36-22-10-8-19(27)24-23(22)29-26(37-24)31(16-17-6-5-11-28-15-17)25(33)18-7-9-20(21(14-18)32(34)35)30-12-3-2-4-13-30/h5-11,14-15H,2-4,12-13,16H2,1H3. The number of hydrogen-bond acceptors (Lipinski definition) is 8. The second-order valence-electron chi connectivity index (χ2n) is 8.68. The van der Waals surface area contributed by atoms with Gasteiger partial charge in [0.2, 0.25) is 0 Å². The van der Waals surface area contributed by atoms with Crippen molar-refractivity contribution in [2.75, 3.05) is 30.0 Å². The number of nitrogens with zero attached hydrogens (tertiary/aromatic N) is 5. The first-order valence-electron chi connectivity index (χ1n) is 11.8. The van der Waals surface area contributed by atoms with E-state index in [0.717, 1.165) is 37.9 Å². The van der Waals surface area contributed by atoms with Gasteiger partial charge in [0.25, 0.3) is 11.6 Å². The number of carbonyl (C=O) groups is 1. The van der Waals surface area contributed by atoms with Crippen LogP contribution < -0.4 is 14.5 Å². The number of rotatable bonds is 7. The molecule has 0 bridgehead atoms. The summed E-state index contributed by atoms with van der Waals surface area (Å²) in [4.78, 5) is 37.8. The molecule has 0 N–H and O–H groups in total. The lowest BCUT2D eigenvalue weighted by Gasteiger charge is -2.28. The zero-order chi connectivity index (χ0) is 25.9. The molecule has 1 aliphatic heterocycles. The highest BCUT2D eigenvalue weighted by atomic mass is 35.5. The molecule has 2 aromatic heterocycles. The molecule has 1 saturated heterocycles. The predicted octanol–water partition coefficient (Wildman–Crippen LogP) is 6.10. The first kappa shape index (κ1) is 24.9. The van der Waals surface area contributed by atoms with Gasteiger partial charge in [-0.25, -0.2) is 4.98 Å². The number of amides is 1. The molecular formula is C26H24ClN5O4S. The molecule has 4 aromatic rings. The Morgan fingerprint density at radius 2 is 2.03 bits per heavy atom. The minimum absolute atomic E-state index is 0.0805. The molecule has 9 nitrogen and oxygen atoms in total. The van der Waals surface area contributed by atoms with Gasteiger partial charge in [-0.15, -0.1) is 0 Å². The summed E-state index contributed by atoms with van der Waals surface area (Å²) in [6.45, 7) is 1.69. The quantitative estimate of drug-likeness (QED) is 0.207. The van der Waals surface area contributed by atoms with Gasteiger partial charge in [0.15, 0.2) is 5.13 Å². The van der Waals surface area contributed by atoms with E-state index < -0.39 is 10.8 Å². The monoisotopic (exact) mass is 537 g/mol. The number of methoxy groups -OCH3 is 1. The van der Waals surface area contributed by atoms with Crippen LogP contribution in [0.4, 0.5) is 16.5 Å². The molecule has 11 heteroatoms. The summed E-state index contributed by atoms with van der Waals surface area (Å²) in [5, 5.41) is 12.9. The lowest BCUT2D eigenvalue weighted by Crippen LogP contribution is -2.31. The van der Waals surface area contributed by atoms with Gasteiger partial charge in [-0.3, -0.25) is 24.8 Å². The Balaban J connectivity index is 1.58. The maximum atomic E-state index is 13.9. The number of aromatic nitrogens is 2. The highest BCUT2D eigenvalue weighted by Crippen LogP contribution is 2.40. The van der Waals surface area contributed by atoms with Crippen molar-refractivity contribution in [3.05, 3.63) is 81.1 Å². The number of halogens is 1. The van der Waals surface area contributed by atoms with E-state index in [-0.39, 0.29) is 17.8 Å². The molecule has 0 aliphatic carbocycles. The van der Waals surface area contributed by atoms with E-state index in [1.165, 1.54) is 22.3 Å². The number of ether oxygens (including phenoxy) is 1. The molecule has 0 saturated carbocycles. The van der Waals surface area contributed by atoms with Crippen molar-refractivity contribution >= 4 is 55.6 Å². The van der Waals surface area contributed by atoms with Gasteiger partial charge in [0.05, 0.1) is 28.3 Å². The van der Waals surface area contributed by atoms with Crippen LogP contribution in [0.5, 0.6) is 5.75 Å². The minimum Gasteiger partial charge on any atom is -0.494 e. The van der Waals surface area contributed by atoms with Crippen LogP contribution in [0, 0.1) is 10.1 Å². The van der Waals surface area contributed by atoms with E-state index in [1.54, 1.807) is 49.8 Å². The van der Waals surface area contributed by atoms with Crippen molar-refractivity contribution in [2.45, 2.75) is 25.8 Å². The van der Waals surface area contributed by atoms with E-state index in [0.29, 0.717) is 31.8 Å². The molecule has 1 aliphatic rings. The van der Waals surface area contributed by atoms with Crippen LogP contribution in [-0.4, -0.2) is 41.0 Å². The van der Waals surface area contributed by atoms with Gasteiger partial charge < -0.3 is 9.64 Å². The molecule has 0 spiro atoms. The van der Waals surface area contributed by atoms with E-state index in [4.69, 9.17) is 16.3 Å².